The van der Waals surface area contributed by atoms with Gasteiger partial charge in [-0.3, -0.25) is 9.59 Å². The van der Waals surface area contributed by atoms with Crippen molar-refractivity contribution in [3.05, 3.63) is 47.5 Å². The van der Waals surface area contributed by atoms with Crippen molar-refractivity contribution < 1.29 is 32.2 Å². The first kappa shape index (κ1) is 21.5. The van der Waals surface area contributed by atoms with Crippen molar-refractivity contribution in [3.63, 3.8) is 0 Å². The highest BCUT2D eigenvalue weighted by atomic mass is 19.4. The molecule has 0 radical (unpaired) electrons. The molecule has 0 aromatic heterocycles. The summed E-state index contributed by atoms with van der Waals surface area (Å²) < 4.78 is 49.9. The summed E-state index contributed by atoms with van der Waals surface area (Å²) >= 11 is 0. The summed E-state index contributed by atoms with van der Waals surface area (Å²) in [6, 6.07) is 7.91. The number of ether oxygens (including phenoxy) is 2. The monoisotopic (exact) mass is 422 g/mol. The number of amides is 1. The summed E-state index contributed by atoms with van der Waals surface area (Å²) in [6.07, 6.45) is -4.79. The van der Waals surface area contributed by atoms with Gasteiger partial charge in [-0.05, 0) is 36.4 Å². The quantitative estimate of drug-likeness (QED) is 0.709. The Kier molecular flexibility index (Phi) is 6.19. The number of nitrogens with zero attached hydrogens (tertiary/aromatic N) is 1. The molecule has 0 aliphatic carbocycles. The zero-order valence-electron chi connectivity index (χ0n) is 16.5. The lowest BCUT2D eigenvalue weighted by molar-refractivity contribution is -0.137. The second-order valence-corrected chi connectivity index (χ2v) is 6.95. The lowest BCUT2D eigenvalue weighted by Crippen LogP contribution is -2.19. The molecule has 1 heterocycles. The van der Waals surface area contributed by atoms with Gasteiger partial charge in [-0.2, -0.15) is 13.2 Å². The van der Waals surface area contributed by atoms with Crippen LogP contribution in [0.25, 0.3) is 0 Å². The van der Waals surface area contributed by atoms with Crippen LogP contribution in [0.5, 0.6) is 11.5 Å². The van der Waals surface area contributed by atoms with Crippen LogP contribution in [-0.4, -0.2) is 39.0 Å². The fourth-order valence-electron chi connectivity index (χ4n) is 3.00. The summed E-state index contributed by atoms with van der Waals surface area (Å²) in [5.41, 5.74) is -0.0306. The first-order valence-electron chi connectivity index (χ1n) is 9.26. The van der Waals surface area contributed by atoms with Gasteiger partial charge in [0.1, 0.15) is 13.2 Å². The summed E-state index contributed by atoms with van der Waals surface area (Å²) in [5.74, 6) is 0.190. The largest absolute Gasteiger partial charge is 0.486 e. The summed E-state index contributed by atoms with van der Waals surface area (Å²) in [4.78, 5) is 26.3. The molecule has 30 heavy (non-hydrogen) atoms. The van der Waals surface area contributed by atoms with Gasteiger partial charge in [0.25, 0.3) is 0 Å². The van der Waals surface area contributed by atoms with Crippen LogP contribution in [0.3, 0.4) is 0 Å². The maximum absolute atomic E-state index is 13.0. The Morgan fingerprint density at radius 3 is 2.37 bits per heavy atom. The number of benzene rings is 2. The third-order valence-electron chi connectivity index (χ3n) is 4.52. The zero-order chi connectivity index (χ0) is 21.9. The van der Waals surface area contributed by atoms with E-state index in [2.05, 4.69) is 5.32 Å². The zero-order valence-corrected chi connectivity index (χ0v) is 16.5. The minimum Gasteiger partial charge on any atom is -0.486 e. The number of anilines is 2. The van der Waals surface area contributed by atoms with Gasteiger partial charge >= 0.3 is 6.18 Å². The molecule has 0 atom stereocenters. The number of Topliss-reactive ketones (excluding diaryl/α,β-unsaturated/α-hetero) is 1. The molecule has 0 spiro atoms. The lowest BCUT2D eigenvalue weighted by Gasteiger charge is -2.20. The number of rotatable bonds is 6. The highest BCUT2D eigenvalue weighted by molar-refractivity contribution is 6.01. The smallest absolute Gasteiger partial charge is 0.416 e. The van der Waals surface area contributed by atoms with E-state index in [-0.39, 0.29) is 24.3 Å². The van der Waals surface area contributed by atoms with Crippen LogP contribution < -0.4 is 19.7 Å². The fraction of sp³-hybridized carbons (Fsp3) is 0.333. The van der Waals surface area contributed by atoms with E-state index in [1.165, 1.54) is 6.07 Å². The Hall–Kier alpha value is -3.23. The molecule has 0 unspecified atom stereocenters. The number of alkyl halides is 3. The number of carbonyl (C=O) groups excluding carboxylic acids is 2. The van der Waals surface area contributed by atoms with Gasteiger partial charge in [0.2, 0.25) is 5.91 Å². The van der Waals surface area contributed by atoms with Crippen LogP contribution in [0, 0.1) is 0 Å². The molecule has 1 amide bonds. The maximum Gasteiger partial charge on any atom is 0.416 e. The van der Waals surface area contributed by atoms with Crippen molar-refractivity contribution in [2.75, 3.05) is 37.5 Å². The van der Waals surface area contributed by atoms with Gasteiger partial charge < -0.3 is 19.7 Å². The molecule has 0 saturated heterocycles. The molecule has 3 rings (SSSR count). The number of halogens is 3. The van der Waals surface area contributed by atoms with Crippen LogP contribution in [0.4, 0.5) is 24.5 Å². The Morgan fingerprint density at radius 2 is 1.70 bits per heavy atom. The van der Waals surface area contributed by atoms with Crippen LogP contribution in [0.1, 0.15) is 28.8 Å². The first-order valence-corrected chi connectivity index (χ1v) is 9.26. The molecule has 2 aromatic rings. The second kappa shape index (κ2) is 8.64. The standard InChI is InChI=1S/C21H21F3N2O4/c1-26(2)16-5-4-14(21(22,23)24)12-15(16)25-20(28)8-6-17(27)13-3-7-18-19(11-13)30-10-9-29-18/h3-5,7,11-12H,6,8-10H2,1-2H3,(H,25,28). The number of hydrogen-bond acceptors (Lipinski definition) is 5. The summed E-state index contributed by atoms with van der Waals surface area (Å²) in [7, 11) is 3.31. The molecule has 1 aliphatic rings. The fourth-order valence-corrected chi connectivity index (χ4v) is 3.00. The molecule has 0 bridgehead atoms. The third-order valence-corrected chi connectivity index (χ3v) is 4.52. The van der Waals surface area contributed by atoms with Gasteiger partial charge in [-0.15, -0.1) is 0 Å². The van der Waals surface area contributed by atoms with Crippen molar-refractivity contribution in [1.29, 1.82) is 0 Å². The van der Waals surface area contributed by atoms with E-state index in [4.69, 9.17) is 9.47 Å². The van der Waals surface area contributed by atoms with E-state index in [1.54, 1.807) is 37.2 Å². The Balaban J connectivity index is 1.66. The van der Waals surface area contributed by atoms with E-state index in [0.29, 0.717) is 36.0 Å². The molecule has 9 heteroatoms. The molecule has 1 N–H and O–H groups in total. The minimum absolute atomic E-state index is 0.0339. The molecular formula is C21H21F3N2O4. The van der Waals surface area contributed by atoms with E-state index >= 15 is 0 Å². The molecular weight excluding hydrogens is 401 g/mol. The van der Waals surface area contributed by atoms with E-state index < -0.39 is 17.6 Å². The van der Waals surface area contributed by atoms with Crippen molar-refractivity contribution >= 4 is 23.1 Å². The number of fused-ring (bicyclic) bond motifs is 1. The van der Waals surface area contributed by atoms with Crippen LogP contribution >= 0.6 is 0 Å². The van der Waals surface area contributed by atoms with E-state index in [9.17, 15) is 22.8 Å². The predicted molar refractivity (Wildman–Crippen MR) is 105 cm³/mol. The third kappa shape index (κ3) is 5.03. The molecule has 160 valence electrons. The van der Waals surface area contributed by atoms with Crippen molar-refractivity contribution in [1.82, 2.24) is 0 Å². The van der Waals surface area contributed by atoms with Crippen molar-refractivity contribution in [3.8, 4) is 11.5 Å². The number of hydrogen-bond donors (Lipinski definition) is 1. The topological polar surface area (TPSA) is 67.9 Å². The molecule has 0 fully saturated rings. The average Bonchev–Trinajstić information content (AvgIpc) is 2.70. The van der Waals surface area contributed by atoms with Crippen LogP contribution in [0.2, 0.25) is 0 Å². The SMILES string of the molecule is CN(C)c1ccc(C(F)(F)F)cc1NC(=O)CCC(=O)c1ccc2c(c1)OCCO2. The maximum atomic E-state index is 13.0. The summed E-state index contributed by atoms with van der Waals surface area (Å²) in [6.45, 7) is 0.823. The lowest BCUT2D eigenvalue weighted by atomic mass is 10.1. The summed E-state index contributed by atoms with van der Waals surface area (Å²) in [5, 5.41) is 2.48. The Labute approximate surface area is 171 Å². The Morgan fingerprint density at radius 1 is 1.00 bits per heavy atom. The van der Waals surface area contributed by atoms with Crippen LogP contribution in [-0.2, 0) is 11.0 Å². The molecule has 2 aromatic carbocycles. The highest BCUT2D eigenvalue weighted by Crippen LogP contribution is 2.35. The van der Waals surface area contributed by atoms with Gasteiger partial charge in [-0.1, -0.05) is 0 Å². The van der Waals surface area contributed by atoms with Crippen molar-refractivity contribution in [2.24, 2.45) is 0 Å². The molecule has 1 aliphatic heterocycles. The van der Waals surface area contributed by atoms with Gasteiger partial charge in [-0.25, -0.2) is 0 Å². The van der Waals surface area contributed by atoms with E-state index in [1.807, 2.05) is 0 Å². The number of nitrogens with one attached hydrogen (secondary N) is 1. The highest BCUT2D eigenvalue weighted by Gasteiger charge is 2.31. The number of carbonyl (C=O) groups is 2. The molecule has 6 nitrogen and oxygen atoms in total. The van der Waals surface area contributed by atoms with Gasteiger partial charge in [0, 0.05) is 32.5 Å². The average molecular weight is 422 g/mol. The number of ketones is 1. The van der Waals surface area contributed by atoms with Crippen LogP contribution in [0.15, 0.2) is 36.4 Å². The first-order chi connectivity index (χ1) is 14.1. The second-order valence-electron chi connectivity index (χ2n) is 6.95. The van der Waals surface area contributed by atoms with Gasteiger partial charge in [0.05, 0.1) is 16.9 Å². The predicted octanol–water partition coefficient (Wildman–Crippen LogP) is 4.14. The minimum atomic E-state index is -4.53. The Bertz CT molecular complexity index is 958. The normalized spacial score (nSPS) is 13.0. The van der Waals surface area contributed by atoms with E-state index in [0.717, 1.165) is 12.1 Å². The molecule has 0 saturated carbocycles. The van der Waals surface area contributed by atoms with Crippen molar-refractivity contribution in [2.45, 2.75) is 19.0 Å². The van der Waals surface area contributed by atoms with Gasteiger partial charge in [0.15, 0.2) is 17.3 Å².